The Morgan fingerprint density at radius 1 is 1.07 bits per heavy atom. The molecule has 1 saturated heterocycles. The van der Waals surface area contributed by atoms with E-state index in [4.69, 9.17) is 9.47 Å². The fourth-order valence-electron chi connectivity index (χ4n) is 5.90. The Hall–Kier alpha value is -4.65. The first-order valence-corrected chi connectivity index (χ1v) is 14.1. The lowest BCUT2D eigenvalue weighted by molar-refractivity contribution is -0.148. The number of nitrogens with zero attached hydrogens (tertiary/aromatic N) is 6. The lowest BCUT2D eigenvalue weighted by Gasteiger charge is -2.41. The molecule has 3 aromatic heterocycles. The van der Waals surface area contributed by atoms with Gasteiger partial charge in [0, 0.05) is 24.0 Å². The van der Waals surface area contributed by atoms with Crippen LogP contribution in [-0.2, 0) is 17.5 Å². The van der Waals surface area contributed by atoms with Gasteiger partial charge >= 0.3 is 6.18 Å². The minimum absolute atomic E-state index is 0.127. The van der Waals surface area contributed by atoms with E-state index >= 15 is 0 Å². The van der Waals surface area contributed by atoms with Gasteiger partial charge in [-0.05, 0) is 51.2 Å². The number of hydrogen-bond donors (Lipinski definition) is 1. The van der Waals surface area contributed by atoms with Gasteiger partial charge in [-0.15, -0.1) is 0 Å². The number of benzene rings is 2. The number of aromatic nitrogens is 5. The number of imidazole rings is 2. The molecule has 2 aromatic carbocycles. The van der Waals surface area contributed by atoms with Crippen LogP contribution in [0.3, 0.4) is 0 Å². The summed E-state index contributed by atoms with van der Waals surface area (Å²) in [6.45, 7) is -0.196. The minimum atomic E-state index is -4.76. The largest absolute Gasteiger partial charge is 0.497 e. The molecule has 13 heteroatoms. The average Bonchev–Trinajstić information content (AvgIpc) is 3.65. The second-order valence-corrected chi connectivity index (χ2v) is 11.0. The summed E-state index contributed by atoms with van der Waals surface area (Å²) in [5.41, 5.74) is 2.44. The predicted molar refractivity (Wildman–Crippen MR) is 158 cm³/mol. The molecule has 0 aliphatic carbocycles. The summed E-state index contributed by atoms with van der Waals surface area (Å²) >= 11 is 0. The zero-order chi connectivity index (χ0) is 31.2. The lowest BCUT2D eigenvalue weighted by Crippen LogP contribution is -2.47. The number of carbonyl (C=O) groups is 1. The van der Waals surface area contributed by atoms with Crippen molar-refractivity contribution in [2.45, 2.75) is 37.6 Å². The van der Waals surface area contributed by atoms with Crippen LogP contribution >= 0.6 is 0 Å². The van der Waals surface area contributed by atoms with Gasteiger partial charge in [0.05, 0.1) is 54.3 Å². The quantitative estimate of drug-likeness (QED) is 0.268. The zero-order valence-electron chi connectivity index (χ0n) is 24.7. The Kier molecular flexibility index (Phi) is 7.66. The van der Waals surface area contributed by atoms with E-state index in [2.05, 4.69) is 24.8 Å². The Balaban J connectivity index is 1.36. The van der Waals surface area contributed by atoms with Crippen LogP contribution in [0.15, 0.2) is 54.7 Å². The number of carbonyl (C=O) groups excluding carboxylic acids is 1. The topological polar surface area (TPSA) is 101 Å². The number of nitrogens with one attached hydrogen (secondary N) is 1. The third kappa shape index (κ3) is 5.43. The van der Waals surface area contributed by atoms with Crippen LogP contribution in [0, 0.1) is 0 Å². The number of likely N-dealkylation sites (tertiary alicyclic amines) is 1. The predicted octanol–water partition coefficient (Wildman–Crippen LogP) is 5.30. The fraction of sp³-hybridized carbons (Fsp3) is 0.355. The van der Waals surface area contributed by atoms with Crippen molar-refractivity contribution in [3.8, 4) is 22.9 Å². The summed E-state index contributed by atoms with van der Waals surface area (Å²) in [4.78, 5) is 34.1. The number of halogens is 3. The lowest BCUT2D eigenvalue weighted by atomic mass is 9.95. The van der Waals surface area contributed by atoms with Crippen LogP contribution in [0.25, 0.3) is 33.2 Å². The highest BCUT2D eigenvalue weighted by molar-refractivity contribution is 5.85. The Bertz CT molecular complexity index is 1830. The standard InChI is InChI=1S/C31H32F3N7O3/c1-39(2)19-11-12-40(27(42)17-41-25-15-20(43-3)9-10-23(25)38-30(41)31(32,33)34)26(14-19)28-35-16-24(36-28)21-13-18-7-5-6-8-22(18)37-29(21)44-4/h5-10,13,15-16,19,26H,11-12,14,17H2,1-4H3,(H,35,36)/t19-,26-/m0/s1. The molecule has 4 heterocycles. The molecule has 6 rings (SSSR count). The molecule has 1 aliphatic heterocycles. The summed E-state index contributed by atoms with van der Waals surface area (Å²) in [5, 5.41) is 0.922. The Morgan fingerprint density at radius 2 is 1.86 bits per heavy atom. The molecule has 2 atom stereocenters. The van der Waals surface area contributed by atoms with E-state index in [0.717, 1.165) is 15.5 Å². The number of methoxy groups -OCH3 is 2. The molecule has 0 bridgehead atoms. The molecular formula is C31H32F3N7O3. The van der Waals surface area contributed by atoms with Gasteiger partial charge in [0.15, 0.2) is 0 Å². The molecule has 1 aliphatic rings. The van der Waals surface area contributed by atoms with Crippen LogP contribution in [0.4, 0.5) is 13.2 Å². The number of aromatic amines is 1. The molecule has 0 spiro atoms. The van der Waals surface area contributed by atoms with Gasteiger partial charge in [-0.25, -0.2) is 15.0 Å². The van der Waals surface area contributed by atoms with Gasteiger partial charge in [0.1, 0.15) is 18.1 Å². The van der Waals surface area contributed by atoms with Gasteiger partial charge in [-0.3, -0.25) is 4.79 Å². The van der Waals surface area contributed by atoms with Crippen molar-refractivity contribution in [1.29, 1.82) is 0 Å². The second kappa shape index (κ2) is 11.5. The summed E-state index contributed by atoms with van der Waals surface area (Å²) in [6, 6.07) is 13.7. The van der Waals surface area contributed by atoms with Crippen LogP contribution < -0.4 is 9.47 Å². The van der Waals surface area contributed by atoms with Gasteiger partial charge in [0.2, 0.25) is 17.6 Å². The number of rotatable bonds is 7. The number of alkyl halides is 3. The maximum Gasteiger partial charge on any atom is 0.449 e. The number of fused-ring (bicyclic) bond motifs is 2. The van der Waals surface area contributed by atoms with Crippen molar-refractivity contribution < 1.29 is 27.4 Å². The third-order valence-corrected chi connectivity index (χ3v) is 8.21. The zero-order valence-corrected chi connectivity index (χ0v) is 24.7. The highest BCUT2D eigenvalue weighted by Gasteiger charge is 2.40. The molecule has 0 radical (unpaired) electrons. The van der Waals surface area contributed by atoms with Crippen molar-refractivity contribution in [2.75, 3.05) is 34.9 Å². The average molecular weight is 608 g/mol. The molecule has 1 fully saturated rings. The molecule has 230 valence electrons. The number of ether oxygens (including phenoxy) is 2. The van der Waals surface area contributed by atoms with Crippen molar-refractivity contribution in [1.82, 2.24) is 34.3 Å². The summed E-state index contributed by atoms with van der Waals surface area (Å²) in [5.74, 6) is -0.286. The first-order chi connectivity index (χ1) is 21.1. The van der Waals surface area contributed by atoms with Gasteiger partial charge < -0.3 is 28.8 Å². The van der Waals surface area contributed by atoms with Crippen LogP contribution in [0.5, 0.6) is 11.6 Å². The number of H-pyrrole nitrogens is 1. The van der Waals surface area contributed by atoms with Crippen LogP contribution in [0.2, 0.25) is 0 Å². The summed E-state index contributed by atoms with van der Waals surface area (Å²) in [7, 11) is 6.92. The molecule has 5 aromatic rings. The van der Waals surface area contributed by atoms with Crippen molar-refractivity contribution >= 4 is 27.8 Å². The summed E-state index contributed by atoms with van der Waals surface area (Å²) in [6.07, 6.45) is -1.88. The van der Waals surface area contributed by atoms with Crippen LogP contribution in [-0.4, -0.2) is 81.1 Å². The highest BCUT2D eigenvalue weighted by atomic mass is 19.4. The molecule has 1 N–H and O–H groups in total. The van der Waals surface area contributed by atoms with E-state index < -0.39 is 30.5 Å². The molecule has 0 saturated carbocycles. The van der Waals surface area contributed by atoms with E-state index in [1.165, 1.54) is 25.3 Å². The minimum Gasteiger partial charge on any atom is -0.497 e. The van der Waals surface area contributed by atoms with E-state index in [-0.39, 0.29) is 17.1 Å². The van der Waals surface area contributed by atoms with E-state index in [1.807, 2.05) is 44.4 Å². The second-order valence-electron chi connectivity index (χ2n) is 11.0. The number of amides is 1. The number of pyridine rings is 1. The molecule has 10 nitrogen and oxygen atoms in total. The van der Waals surface area contributed by atoms with Gasteiger partial charge in [0.25, 0.3) is 0 Å². The summed E-state index contributed by atoms with van der Waals surface area (Å²) < 4.78 is 54.0. The first kappa shape index (κ1) is 29.4. The molecule has 0 unspecified atom stereocenters. The molecule has 44 heavy (non-hydrogen) atoms. The Labute approximate surface area is 251 Å². The Morgan fingerprint density at radius 3 is 2.59 bits per heavy atom. The normalized spacial score (nSPS) is 17.5. The van der Waals surface area contributed by atoms with Crippen molar-refractivity contribution in [3.63, 3.8) is 0 Å². The fourth-order valence-corrected chi connectivity index (χ4v) is 5.90. The van der Waals surface area contributed by atoms with E-state index in [9.17, 15) is 18.0 Å². The van der Waals surface area contributed by atoms with Crippen molar-refractivity contribution in [2.24, 2.45) is 0 Å². The smallest absolute Gasteiger partial charge is 0.449 e. The molecular weight excluding hydrogens is 575 g/mol. The maximum atomic E-state index is 14.1. The van der Waals surface area contributed by atoms with Crippen molar-refractivity contribution in [3.05, 3.63) is 66.4 Å². The SMILES string of the molecule is COc1ccc2nc(C(F)(F)F)n(CC(=O)N3CC[C@H](N(C)C)C[C@H]3c3ncc(-c4cc5ccccc5nc4OC)[nH]3)c2c1. The number of para-hydroxylation sites is 1. The number of hydrogen-bond acceptors (Lipinski definition) is 7. The highest BCUT2D eigenvalue weighted by Crippen LogP contribution is 2.37. The van der Waals surface area contributed by atoms with Gasteiger partial charge in [-0.1, -0.05) is 18.2 Å². The van der Waals surface area contributed by atoms with Crippen LogP contribution in [0.1, 0.15) is 30.5 Å². The molecule has 1 amide bonds. The monoisotopic (exact) mass is 607 g/mol. The maximum absolute atomic E-state index is 14.1. The van der Waals surface area contributed by atoms with E-state index in [1.54, 1.807) is 18.2 Å². The first-order valence-electron chi connectivity index (χ1n) is 14.1. The van der Waals surface area contributed by atoms with E-state index in [0.29, 0.717) is 48.1 Å². The van der Waals surface area contributed by atoms with Gasteiger partial charge in [-0.2, -0.15) is 13.2 Å². The third-order valence-electron chi connectivity index (χ3n) is 8.21. The number of piperidine rings is 1.